The number of fused-ring (bicyclic) bond motifs is 6. The molecule has 9 nitrogen and oxygen atoms in total. The van der Waals surface area contributed by atoms with Gasteiger partial charge in [-0.15, -0.1) is 0 Å². The molecule has 1 N–H and O–H groups in total. The molecule has 236 valence electrons. The fourth-order valence-electron chi connectivity index (χ4n) is 6.18. The van der Waals surface area contributed by atoms with Crippen LogP contribution in [0.4, 0.5) is 5.82 Å². The summed E-state index contributed by atoms with van der Waals surface area (Å²) in [6.07, 6.45) is 4.22. The van der Waals surface area contributed by atoms with Crippen LogP contribution in [0.1, 0.15) is 64.8 Å². The summed E-state index contributed by atoms with van der Waals surface area (Å²) in [6.45, 7) is 13.4. The number of carboxylic acids is 1. The van der Waals surface area contributed by atoms with Crippen LogP contribution in [-0.4, -0.2) is 62.7 Å². The van der Waals surface area contributed by atoms with E-state index in [1.807, 2.05) is 83.2 Å². The molecule has 0 radical (unpaired) electrons. The van der Waals surface area contributed by atoms with Gasteiger partial charge in [0, 0.05) is 36.0 Å². The minimum Gasteiger partial charge on any atom is -0.486 e. The molecule has 2 aromatic carbocycles. The van der Waals surface area contributed by atoms with Gasteiger partial charge in [-0.3, -0.25) is 0 Å². The molecule has 7 rings (SSSR count). The summed E-state index contributed by atoms with van der Waals surface area (Å²) in [5, 5.41) is 15.5. The monoisotopic (exact) mass is 610 g/mol. The molecule has 1 saturated heterocycles. The number of para-hydroxylation sites is 1. The molecule has 0 saturated carbocycles. The highest BCUT2D eigenvalue weighted by atomic mass is 16.5. The van der Waals surface area contributed by atoms with Crippen LogP contribution in [0.25, 0.3) is 28.0 Å². The predicted molar refractivity (Wildman–Crippen MR) is 175 cm³/mol. The van der Waals surface area contributed by atoms with Crippen LogP contribution in [0.15, 0.2) is 66.7 Å². The van der Waals surface area contributed by atoms with Crippen molar-refractivity contribution in [3.8, 4) is 28.1 Å². The molecule has 9 heteroatoms. The van der Waals surface area contributed by atoms with E-state index >= 15 is 0 Å². The van der Waals surface area contributed by atoms with Gasteiger partial charge in [-0.05, 0) is 78.2 Å². The summed E-state index contributed by atoms with van der Waals surface area (Å²) < 4.78 is 20.8. The summed E-state index contributed by atoms with van der Waals surface area (Å²) in [5.41, 5.74) is 4.39. The Morgan fingerprint density at radius 3 is 2.56 bits per heavy atom. The van der Waals surface area contributed by atoms with Gasteiger partial charge in [-0.25, -0.2) is 9.78 Å². The third-order valence-corrected chi connectivity index (χ3v) is 8.49. The van der Waals surface area contributed by atoms with Crippen molar-refractivity contribution in [2.24, 2.45) is 0 Å². The Morgan fingerprint density at radius 1 is 1.09 bits per heavy atom. The van der Waals surface area contributed by atoms with Gasteiger partial charge in [0.1, 0.15) is 17.7 Å². The van der Waals surface area contributed by atoms with Gasteiger partial charge in [0.25, 0.3) is 0 Å². The maximum Gasteiger partial charge on any atom is 0.337 e. The van der Waals surface area contributed by atoms with E-state index in [4.69, 9.17) is 24.3 Å². The lowest BCUT2D eigenvalue weighted by Crippen LogP contribution is -2.45. The second-order valence-electron chi connectivity index (χ2n) is 13.3. The number of rotatable bonds is 3. The largest absolute Gasteiger partial charge is 0.486 e. The van der Waals surface area contributed by atoms with Crippen LogP contribution in [0.5, 0.6) is 5.75 Å². The van der Waals surface area contributed by atoms with E-state index < -0.39 is 17.7 Å². The number of anilines is 1. The van der Waals surface area contributed by atoms with Crippen LogP contribution in [0.2, 0.25) is 0 Å². The molecule has 1 fully saturated rings. The number of carboxylic acid groups (broad SMARTS) is 1. The quantitative estimate of drug-likeness (QED) is 0.247. The van der Waals surface area contributed by atoms with Crippen molar-refractivity contribution in [2.75, 3.05) is 24.6 Å². The Balaban J connectivity index is 1.55. The molecule has 2 aromatic heterocycles. The summed E-state index contributed by atoms with van der Waals surface area (Å²) in [4.78, 5) is 19.9. The standard InChI is InChI=1S/C36H42N4O5/c1-23-11-10-20-43-36(6)16-18-39(19-17-36)33-31(32(34(41)42)45-35(3,4)5)24(2)37-30-22-28(38-40(30)33)26-13-9-12-25(21-26)27-14-7-8-15-29(27)44-23/h7-15,21-23,32H,16-20H2,1-6H3,(H,41,42)/b11-10-/t23-,32+/m1/s1. The third-order valence-electron chi connectivity index (χ3n) is 8.49. The van der Waals surface area contributed by atoms with Crippen molar-refractivity contribution >= 4 is 17.4 Å². The molecular formula is C36H42N4O5. The predicted octanol–water partition coefficient (Wildman–Crippen LogP) is 7.03. The highest BCUT2D eigenvalue weighted by Gasteiger charge is 2.37. The van der Waals surface area contributed by atoms with Gasteiger partial charge < -0.3 is 24.2 Å². The van der Waals surface area contributed by atoms with Crippen molar-refractivity contribution in [1.82, 2.24) is 14.6 Å². The number of benzene rings is 2. The van der Waals surface area contributed by atoms with E-state index in [9.17, 15) is 9.90 Å². The number of piperidine rings is 1. The highest BCUT2D eigenvalue weighted by Crippen LogP contribution is 2.39. The van der Waals surface area contributed by atoms with Gasteiger partial charge in [0.05, 0.1) is 29.1 Å². The first-order valence-corrected chi connectivity index (χ1v) is 15.6. The number of hydrogen-bond acceptors (Lipinski definition) is 7. The van der Waals surface area contributed by atoms with E-state index in [1.54, 1.807) is 4.52 Å². The molecule has 3 aliphatic heterocycles. The van der Waals surface area contributed by atoms with Crippen LogP contribution in [0.3, 0.4) is 0 Å². The maximum atomic E-state index is 12.8. The van der Waals surface area contributed by atoms with Crippen LogP contribution >= 0.6 is 0 Å². The molecule has 4 aromatic rings. The smallest absolute Gasteiger partial charge is 0.337 e. The Hall–Kier alpha value is -4.21. The molecule has 0 aliphatic carbocycles. The first kappa shape index (κ1) is 30.8. The fraction of sp³-hybridized carbons (Fsp3) is 0.417. The third kappa shape index (κ3) is 6.46. The zero-order valence-corrected chi connectivity index (χ0v) is 26.9. The fourth-order valence-corrected chi connectivity index (χ4v) is 6.18. The number of aromatic nitrogens is 3. The normalized spacial score (nSPS) is 21.8. The minimum atomic E-state index is -1.22. The number of aliphatic carboxylic acids is 1. The van der Waals surface area contributed by atoms with Gasteiger partial charge in [0.15, 0.2) is 11.8 Å². The lowest BCUT2D eigenvalue weighted by Gasteiger charge is -2.41. The van der Waals surface area contributed by atoms with Crippen molar-refractivity contribution in [1.29, 1.82) is 0 Å². The average Bonchev–Trinajstić information content (AvgIpc) is 3.41. The van der Waals surface area contributed by atoms with Crippen LogP contribution in [0, 0.1) is 6.92 Å². The maximum absolute atomic E-state index is 12.8. The second kappa shape index (κ2) is 11.9. The summed E-state index contributed by atoms with van der Waals surface area (Å²) in [6, 6.07) is 18.2. The van der Waals surface area contributed by atoms with Crippen molar-refractivity contribution < 1.29 is 24.1 Å². The average molecular weight is 611 g/mol. The lowest BCUT2D eigenvalue weighted by molar-refractivity contribution is -0.160. The molecular weight excluding hydrogens is 568 g/mol. The highest BCUT2D eigenvalue weighted by molar-refractivity contribution is 5.80. The number of carbonyl (C=O) groups is 1. The number of ether oxygens (including phenoxy) is 3. The summed E-state index contributed by atoms with van der Waals surface area (Å²) >= 11 is 0. The van der Waals surface area contributed by atoms with E-state index in [0.29, 0.717) is 42.4 Å². The SMILES string of the molecule is Cc1nc2cc3nn2c(c1[C@H](OC(C)(C)C)C(=O)O)N1CCC(C)(CC1)OC/C=C\[C@@H](C)Oc1ccccc1-c1cccc-3c1. The zero-order valence-electron chi connectivity index (χ0n) is 26.9. The van der Waals surface area contributed by atoms with Gasteiger partial charge in [0.2, 0.25) is 0 Å². The van der Waals surface area contributed by atoms with E-state index in [1.165, 1.54) is 0 Å². The Kier molecular flexibility index (Phi) is 8.18. The molecule has 0 unspecified atom stereocenters. The topological polar surface area (TPSA) is 98.4 Å². The van der Waals surface area contributed by atoms with Crippen molar-refractivity contribution in [3.05, 3.63) is 78.0 Å². The zero-order chi connectivity index (χ0) is 31.9. The van der Waals surface area contributed by atoms with E-state index in [-0.39, 0.29) is 11.7 Å². The molecule has 5 heterocycles. The van der Waals surface area contributed by atoms with Gasteiger partial charge >= 0.3 is 5.97 Å². The second-order valence-corrected chi connectivity index (χ2v) is 13.3. The Morgan fingerprint density at radius 2 is 1.82 bits per heavy atom. The van der Waals surface area contributed by atoms with Gasteiger partial charge in [-0.2, -0.15) is 9.61 Å². The molecule has 0 amide bonds. The Bertz CT molecular complexity index is 1750. The van der Waals surface area contributed by atoms with Crippen LogP contribution in [-0.2, 0) is 14.3 Å². The number of nitrogens with zero attached hydrogens (tertiary/aromatic N) is 4. The summed E-state index contributed by atoms with van der Waals surface area (Å²) in [5.74, 6) is 0.430. The molecule has 6 bridgehead atoms. The van der Waals surface area contributed by atoms with Crippen LogP contribution < -0.4 is 9.64 Å². The van der Waals surface area contributed by atoms with E-state index in [2.05, 4.69) is 30.0 Å². The van der Waals surface area contributed by atoms with Crippen molar-refractivity contribution in [2.45, 2.75) is 77.8 Å². The van der Waals surface area contributed by atoms with Gasteiger partial charge in [-0.1, -0.05) is 42.5 Å². The first-order chi connectivity index (χ1) is 21.4. The lowest BCUT2D eigenvalue weighted by atomic mass is 9.92. The minimum absolute atomic E-state index is 0.143. The molecule has 2 atom stereocenters. The van der Waals surface area contributed by atoms with E-state index in [0.717, 1.165) is 41.0 Å². The number of hydrogen-bond donors (Lipinski definition) is 1. The molecule has 3 aliphatic rings. The Labute approximate surface area is 264 Å². The molecule has 45 heavy (non-hydrogen) atoms. The number of aryl methyl sites for hydroxylation is 1. The van der Waals surface area contributed by atoms with Crippen molar-refractivity contribution in [3.63, 3.8) is 0 Å². The molecule has 0 spiro atoms. The summed E-state index contributed by atoms with van der Waals surface area (Å²) in [7, 11) is 0. The first-order valence-electron chi connectivity index (χ1n) is 15.6.